The monoisotopic (exact) mass is 214 g/mol. The van der Waals surface area contributed by atoms with E-state index in [0.29, 0.717) is 11.5 Å². The molecule has 92 valence electrons. The van der Waals surface area contributed by atoms with E-state index in [1.165, 1.54) is 0 Å². The summed E-state index contributed by atoms with van der Waals surface area (Å²) in [5.74, 6) is 0.727. The standard InChI is InChI=1S/C13H30N2/c1-8-14-9-13(5,6)10-15(7)12(4)11(2)3/h11-12,14H,8-10H2,1-7H3. The Morgan fingerprint density at radius 1 is 1.20 bits per heavy atom. The quantitative estimate of drug-likeness (QED) is 0.701. The van der Waals surface area contributed by atoms with Gasteiger partial charge < -0.3 is 10.2 Å². The highest BCUT2D eigenvalue weighted by Crippen LogP contribution is 2.18. The number of hydrogen-bond donors (Lipinski definition) is 1. The molecule has 15 heavy (non-hydrogen) atoms. The molecule has 0 aliphatic carbocycles. The minimum absolute atomic E-state index is 0.355. The van der Waals surface area contributed by atoms with Crippen LogP contribution in [0, 0.1) is 11.3 Å². The van der Waals surface area contributed by atoms with Gasteiger partial charge >= 0.3 is 0 Å². The lowest BCUT2D eigenvalue weighted by Gasteiger charge is -2.35. The predicted molar refractivity (Wildman–Crippen MR) is 69.3 cm³/mol. The fraction of sp³-hybridized carbons (Fsp3) is 1.00. The normalized spacial score (nSPS) is 15.0. The second kappa shape index (κ2) is 6.49. The van der Waals surface area contributed by atoms with Crippen LogP contribution in [0.5, 0.6) is 0 Å². The summed E-state index contributed by atoms with van der Waals surface area (Å²) in [6.07, 6.45) is 0. The van der Waals surface area contributed by atoms with E-state index in [-0.39, 0.29) is 0 Å². The zero-order valence-electron chi connectivity index (χ0n) is 11.7. The summed E-state index contributed by atoms with van der Waals surface area (Å²) in [5, 5.41) is 3.44. The molecule has 0 heterocycles. The van der Waals surface area contributed by atoms with Crippen LogP contribution in [-0.4, -0.2) is 37.6 Å². The van der Waals surface area contributed by atoms with Gasteiger partial charge in [0, 0.05) is 19.1 Å². The molecule has 0 aliphatic rings. The summed E-state index contributed by atoms with van der Waals surface area (Å²) in [7, 11) is 2.23. The summed E-state index contributed by atoms with van der Waals surface area (Å²) in [4.78, 5) is 2.47. The Bertz CT molecular complexity index is 164. The number of nitrogens with one attached hydrogen (secondary N) is 1. The largest absolute Gasteiger partial charge is 0.316 e. The Labute approximate surface area is 96.4 Å². The molecule has 0 saturated heterocycles. The van der Waals surface area contributed by atoms with E-state index in [2.05, 4.69) is 58.8 Å². The second-order valence-electron chi connectivity index (χ2n) is 5.84. The van der Waals surface area contributed by atoms with E-state index in [1.54, 1.807) is 0 Å². The molecule has 2 heteroatoms. The molecule has 1 N–H and O–H groups in total. The van der Waals surface area contributed by atoms with Crippen molar-refractivity contribution >= 4 is 0 Å². The first-order valence-electron chi connectivity index (χ1n) is 6.21. The van der Waals surface area contributed by atoms with Gasteiger partial charge in [-0.15, -0.1) is 0 Å². The van der Waals surface area contributed by atoms with E-state index in [9.17, 15) is 0 Å². The molecule has 0 bridgehead atoms. The number of hydrogen-bond acceptors (Lipinski definition) is 2. The van der Waals surface area contributed by atoms with Gasteiger partial charge in [0.25, 0.3) is 0 Å². The van der Waals surface area contributed by atoms with Crippen molar-refractivity contribution in [3.8, 4) is 0 Å². The van der Waals surface area contributed by atoms with Crippen LogP contribution in [0.2, 0.25) is 0 Å². The fourth-order valence-corrected chi connectivity index (χ4v) is 1.85. The highest BCUT2D eigenvalue weighted by atomic mass is 15.1. The van der Waals surface area contributed by atoms with Crippen LogP contribution in [0.3, 0.4) is 0 Å². The van der Waals surface area contributed by atoms with Gasteiger partial charge in [-0.1, -0.05) is 34.6 Å². The summed E-state index contributed by atoms with van der Waals surface area (Å²) in [6, 6.07) is 0.658. The molecule has 0 spiro atoms. The number of nitrogens with zero attached hydrogens (tertiary/aromatic N) is 1. The van der Waals surface area contributed by atoms with Gasteiger partial charge in [0.05, 0.1) is 0 Å². The molecule has 1 unspecified atom stereocenters. The minimum Gasteiger partial charge on any atom is -0.316 e. The third-order valence-corrected chi connectivity index (χ3v) is 3.19. The maximum atomic E-state index is 3.44. The van der Waals surface area contributed by atoms with Crippen LogP contribution < -0.4 is 5.32 Å². The Hall–Kier alpha value is -0.0800. The van der Waals surface area contributed by atoms with E-state index in [4.69, 9.17) is 0 Å². The summed E-state index contributed by atoms with van der Waals surface area (Å²) in [5.41, 5.74) is 0.355. The SMILES string of the molecule is CCNCC(C)(C)CN(C)C(C)C(C)C. The Morgan fingerprint density at radius 2 is 1.73 bits per heavy atom. The lowest BCUT2D eigenvalue weighted by Crippen LogP contribution is -2.43. The maximum absolute atomic E-state index is 3.44. The van der Waals surface area contributed by atoms with Gasteiger partial charge in [-0.25, -0.2) is 0 Å². The van der Waals surface area contributed by atoms with Crippen molar-refractivity contribution < 1.29 is 0 Å². The summed E-state index contributed by atoms with van der Waals surface area (Å²) < 4.78 is 0. The van der Waals surface area contributed by atoms with Crippen LogP contribution in [0.15, 0.2) is 0 Å². The van der Waals surface area contributed by atoms with E-state index >= 15 is 0 Å². The first kappa shape index (κ1) is 14.9. The fourth-order valence-electron chi connectivity index (χ4n) is 1.85. The third-order valence-electron chi connectivity index (χ3n) is 3.19. The highest BCUT2D eigenvalue weighted by Gasteiger charge is 2.23. The second-order valence-corrected chi connectivity index (χ2v) is 5.84. The van der Waals surface area contributed by atoms with Gasteiger partial charge in [0.1, 0.15) is 0 Å². The molecule has 0 saturated carbocycles. The molecule has 1 atom stereocenters. The number of rotatable bonds is 7. The van der Waals surface area contributed by atoms with Crippen LogP contribution in [0.1, 0.15) is 41.5 Å². The zero-order valence-corrected chi connectivity index (χ0v) is 11.7. The summed E-state index contributed by atoms with van der Waals surface area (Å²) >= 11 is 0. The maximum Gasteiger partial charge on any atom is 0.00871 e. The molecule has 0 aromatic heterocycles. The molecular formula is C13H30N2. The predicted octanol–water partition coefficient (Wildman–Crippen LogP) is 2.60. The van der Waals surface area contributed by atoms with E-state index < -0.39 is 0 Å². The van der Waals surface area contributed by atoms with Crippen molar-refractivity contribution in [2.45, 2.75) is 47.6 Å². The van der Waals surface area contributed by atoms with Crippen LogP contribution in [-0.2, 0) is 0 Å². The van der Waals surface area contributed by atoms with Gasteiger partial charge in [-0.05, 0) is 31.8 Å². The molecule has 0 amide bonds. The van der Waals surface area contributed by atoms with Crippen molar-refractivity contribution in [2.75, 3.05) is 26.7 Å². The Balaban J connectivity index is 4.08. The average Bonchev–Trinajstić information content (AvgIpc) is 2.12. The van der Waals surface area contributed by atoms with Gasteiger partial charge in [-0.3, -0.25) is 0 Å². The van der Waals surface area contributed by atoms with Gasteiger partial charge in [0.15, 0.2) is 0 Å². The van der Waals surface area contributed by atoms with E-state index in [0.717, 1.165) is 25.6 Å². The first-order chi connectivity index (χ1) is 6.80. The molecule has 0 aliphatic heterocycles. The third kappa shape index (κ3) is 6.16. The van der Waals surface area contributed by atoms with Crippen LogP contribution in [0.25, 0.3) is 0 Å². The average molecular weight is 214 g/mol. The molecule has 0 aromatic carbocycles. The van der Waals surface area contributed by atoms with Crippen molar-refractivity contribution in [2.24, 2.45) is 11.3 Å². The van der Waals surface area contributed by atoms with Gasteiger partial charge in [0.2, 0.25) is 0 Å². The molecular weight excluding hydrogens is 184 g/mol. The molecule has 0 radical (unpaired) electrons. The van der Waals surface area contributed by atoms with Crippen LogP contribution in [0.4, 0.5) is 0 Å². The molecule has 2 nitrogen and oxygen atoms in total. The van der Waals surface area contributed by atoms with E-state index in [1.807, 2.05) is 0 Å². The van der Waals surface area contributed by atoms with Crippen molar-refractivity contribution in [1.82, 2.24) is 10.2 Å². The molecule has 0 rings (SSSR count). The Kier molecular flexibility index (Phi) is 6.46. The topological polar surface area (TPSA) is 15.3 Å². The lowest BCUT2D eigenvalue weighted by atomic mass is 9.91. The summed E-state index contributed by atoms with van der Waals surface area (Å²) in [6.45, 7) is 17.0. The van der Waals surface area contributed by atoms with Crippen molar-refractivity contribution in [1.29, 1.82) is 0 Å². The molecule has 0 fully saturated rings. The van der Waals surface area contributed by atoms with Crippen LogP contribution >= 0.6 is 0 Å². The van der Waals surface area contributed by atoms with Crippen molar-refractivity contribution in [3.05, 3.63) is 0 Å². The molecule has 0 aromatic rings. The highest BCUT2D eigenvalue weighted by molar-refractivity contribution is 4.78. The Morgan fingerprint density at radius 3 is 2.13 bits per heavy atom. The minimum atomic E-state index is 0.355. The zero-order chi connectivity index (χ0) is 12.1. The van der Waals surface area contributed by atoms with Crippen molar-refractivity contribution in [3.63, 3.8) is 0 Å². The van der Waals surface area contributed by atoms with Gasteiger partial charge in [-0.2, -0.15) is 0 Å². The lowest BCUT2D eigenvalue weighted by molar-refractivity contribution is 0.139. The first-order valence-corrected chi connectivity index (χ1v) is 6.21. The smallest absolute Gasteiger partial charge is 0.00871 e.